The Bertz CT molecular complexity index is 1410. The number of hydrogen-bond donors (Lipinski definition) is 2. The first kappa shape index (κ1) is 25.5. The minimum absolute atomic E-state index is 0.0322. The van der Waals surface area contributed by atoms with Crippen molar-refractivity contribution in [3.63, 3.8) is 0 Å². The Hall–Kier alpha value is -4.17. The summed E-state index contributed by atoms with van der Waals surface area (Å²) < 4.78 is 10.7. The molecule has 8 nitrogen and oxygen atoms in total. The lowest BCUT2D eigenvalue weighted by molar-refractivity contribution is -0.132. The number of halogens is 1. The summed E-state index contributed by atoms with van der Waals surface area (Å²) >= 11 is 6.24. The second-order valence-corrected chi connectivity index (χ2v) is 9.57. The Morgan fingerprint density at radius 1 is 0.895 bits per heavy atom. The Morgan fingerprint density at radius 3 is 2.11 bits per heavy atom. The summed E-state index contributed by atoms with van der Waals surface area (Å²) in [7, 11) is 2.84. The first-order valence-electron chi connectivity index (χ1n) is 12.2. The number of carbonyl (C=O) groups excluding carboxylic acids is 2. The van der Waals surface area contributed by atoms with Gasteiger partial charge in [-0.05, 0) is 60.9 Å². The molecule has 2 fully saturated rings. The Balaban J connectivity index is 1.67. The van der Waals surface area contributed by atoms with E-state index < -0.39 is 23.5 Å². The fraction of sp³-hybridized carbons (Fsp3) is 0.241. The van der Waals surface area contributed by atoms with Crippen molar-refractivity contribution >= 4 is 40.4 Å². The van der Waals surface area contributed by atoms with Gasteiger partial charge in [-0.15, -0.1) is 0 Å². The number of ketones is 1. The van der Waals surface area contributed by atoms with Gasteiger partial charge >= 0.3 is 0 Å². The number of nitrogens with zero attached hydrogens (tertiary/aromatic N) is 2. The zero-order chi connectivity index (χ0) is 27.0. The number of Topliss-reactive ketones (excluding diaryl/α,β-unsaturated/α-hetero) is 1. The number of carbonyl (C=O) groups is 2. The van der Waals surface area contributed by atoms with Gasteiger partial charge in [0.1, 0.15) is 23.0 Å². The highest BCUT2D eigenvalue weighted by Crippen LogP contribution is 2.45. The topological polar surface area (TPSA) is 99.5 Å². The summed E-state index contributed by atoms with van der Waals surface area (Å²) in [5.74, 6) is -1.55. The van der Waals surface area contributed by atoms with Crippen LogP contribution in [-0.2, 0) is 9.59 Å². The SMILES string of the molecule is COc1cc(/C(O)=C2\C(=O)C(=O)N(c3ccc(N4CCCC4)cc3)C2c2ccc(O)cc2)c(OC)cc1Cl. The van der Waals surface area contributed by atoms with Crippen molar-refractivity contribution < 1.29 is 29.3 Å². The maximum absolute atomic E-state index is 13.5. The monoisotopic (exact) mass is 534 g/mol. The van der Waals surface area contributed by atoms with E-state index in [9.17, 15) is 19.8 Å². The quantitative estimate of drug-likeness (QED) is 0.252. The molecule has 5 rings (SSSR count). The second-order valence-electron chi connectivity index (χ2n) is 9.16. The van der Waals surface area contributed by atoms with Crippen LogP contribution in [0.5, 0.6) is 17.2 Å². The van der Waals surface area contributed by atoms with Gasteiger partial charge in [0.2, 0.25) is 0 Å². The normalized spacial score (nSPS) is 18.8. The van der Waals surface area contributed by atoms with Crippen molar-refractivity contribution in [1.82, 2.24) is 0 Å². The van der Waals surface area contributed by atoms with E-state index in [2.05, 4.69) is 4.90 Å². The van der Waals surface area contributed by atoms with Gasteiger partial charge in [0, 0.05) is 30.5 Å². The zero-order valence-corrected chi connectivity index (χ0v) is 21.7. The molecule has 0 radical (unpaired) electrons. The third kappa shape index (κ3) is 4.41. The number of anilines is 2. The van der Waals surface area contributed by atoms with E-state index in [1.165, 1.54) is 43.4 Å². The average Bonchev–Trinajstić information content (AvgIpc) is 3.56. The molecule has 0 bridgehead atoms. The third-order valence-corrected chi connectivity index (χ3v) is 7.28. The standard InChI is InChI=1S/C29H27ClN2O6/c1-37-23-16-22(30)24(38-2)15-21(23)27(34)25-26(17-5-11-20(33)12-6-17)32(29(36)28(25)35)19-9-7-18(8-10-19)31-13-3-4-14-31/h5-12,15-16,26,33-34H,3-4,13-14H2,1-2H3/b27-25+. The van der Waals surface area contributed by atoms with Crippen molar-refractivity contribution in [2.45, 2.75) is 18.9 Å². The number of benzene rings is 3. The molecule has 3 aromatic rings. The first-order valence-corrected chi connectivity index (χ1v) is 12.6. The molecule has 1 amide bonds. The molecule has 0 saturated carbocycles. The van der Waals surface area contributed by atoms with Crippen LogP contribution < -0.4 is 19.3 Å². The number of rotatable bonds is 6. The number of phenolic OH excluding ortho intramolecular Hbond substituents is 1. The highest BCUT2D eigenvalue weighted by molar-refractivity contribution is 6.51. The summed E-state index contributed by atoms with van der Waals surface area (Å²) in [5.41, 5.74) is 2.12. The van der Waals surface area contributed by atoms with Crippen LogP contribution in [0.2, 0.25) is 5.02 Å². The molecular formula is C29H27ClN2O6. The number of hydrogen-bond acceptors (Lipinski definition) is 7. The second kappa shape index (κ2) is 10.3. The predicted molar refractivity (Wildman–Crippen MR) is 145 cm³/mol. The van der Waals surface area contributed by atoms with Gasteiger partial charge in [0.15, 0.2) is 0 Å². The molecular weight excluding hydrogens is 508 g/mol. The fourth-order valence-electron chi connectivity index (χ4n) is 5.06. The highest BCUT2D eigenvalue weighted by Gasteiger charge is 2.47. The molecule has 2 saturated heterocycles. The van der Waals surface area contributed by atoms with E-state index in [1.807, 2.05) is 12.1 Å². The van der Waals surface area contributed by atoms with Crippen LogP contribution in [0.4, 0.5) is 11.4 Å². The summed E-state index contributed by atoms with van der Waals surface area (Å²) in [6.07, 6.45) is 2.27. The van der Waals surface area contributed by atoms with Crippen molar-refractivity contribution in [1.29, 1.82) is 0 Å². The molecule has 2 heterocycles. The van der Waals surface area contributed by atoms with Crippen LogP contribution in [0.1, 0.15) is 30.0 Å². The summed E-state index contributed by atoms with van der Waals surface area (Å²) in [5, 5.41) is 21.6. The number of aliphatic hydroxyl groups is 1. The van der Waals surface area contributed by atoms with Gasteiger partial charge in [-0.3, -0.25) is 14.5 Å². The molecule has 2 aliphatic heterocycles. The maximum atomic E-state index is 13.5. The number of aliphatic hydroxyl groups excluding tert-OH is 1. The smallest absolute Gasteiger partial charge is 0.300 e. The van der Waals surface area contributed by atoms with Crippen LogP contribution in [0.25, 0.3) is 5.76 Å². The molecule has 0 aliphatic carbocycles. The molecule has 0 aromatic heterocycles. The van der Waals surface area contributed by atoms with Gasteiger partial charge in [0.05, 0.1) is 36.4 Å². The van der Waals surface area contributed by atoms with Gasteiger partial charge in [-0.2, -0.15) is 0 Å². The van der Waals surface area contributed by atoms with Gasteiger partial charge in [0.25, 0.3) is 11.7 Å². The maximum Gasteiger partial charge on any atom is 0.300 e. The number of aromatic hydroxyl groups is 1. The lowest BCUT2D eigenvalue weighted by atomic mass is 9.94. The molecule has 3 aromatic carbocycles. The Kier molecular flexibility index (Phi) is 6.91. The van der Waals surface area contributed by atoms with Crippen LogP contribution in [0.3, 0.4) is 0 Å². The summed E-state index contributed by atoms with van der Waals surface area (Å²) in [6.45, 7) is 1.95. The van der Waals surface area contributed by atoms with E-state index in [-0.39, 0.29) is 33.4 Å². The number of methoxy groups -OCH3 is 2. The van der Waals surface area contributed by atoms with Crippen molar-refractivity contribution in [2.75, 3.05) is 37.1 Å². The predicted octanol–water partition coefficient (Wildman–Crippen LogP) is 5.29. The first-order chi connectivity index (χ1) is 18.3. The fourth-order valence-corrected chi connectivity index (χ4v) is 5.29. The Labute approximate surface area is 225 Å². The van der Waals surface area contributed by atoms with Crippen molar-refractivity contribution in [3.8, 4) is 17.2 Å². The van der Waals surface area contributed by atoms with Gasteiger partial charge < -0.3 is 24.6 Å². The van der Waals surface area contributed by atoms with Crippen LogP contribution in [-0.4, -0.2) is 49.2 Å². The Morgan fingerprint density at radius 2 is 1.50 bits per heavy atom. The molecule has 2 N–H and O–H groups in total. The van der Waals surface area contributed by atoms with E-state index in [4.69, 9.17) is 21.1 Å². The molecule has 196 valence electrons. The van der Waals surface area contributed by atoms with Gasteiger partial charge in [-0.1, -0.05) is 23.7 Å². The van der Waals surface area contributed by atoms with Crippen LogP contribution >= 0.6 is 11.6 Å². The molecule has 2 aliphatic rings. The van der Waals surface area contributed by atoms with E-state index >= 15 is 0 Å². The van der Waals surface area contributed by atoms with E-state index in [1.54, 1.807) is 24.3 Å². The number of phenols is 1. The molecule has 9 heteroatoms. The van der Waals surface area contributed by atoms with Gasteiger partial charge in [-0.25, -0.2) is 0 Å². The largest absolute Gasteiger partial charge is 0.508 e. The lowest BCUT2D eigenvalue weighted by Gasteiger charge is -2.26. The summed E-state index contributed by atoms with van der Waals surface area (Å²) in [6, 6.07) is 15.6. The molecule has 1 atom stereocenters. The molecule has 1 unspecified atom stereocenters. The van der Waals surface area contributed by atoms with Crippen LogP contribution in [0.15, 0.2) is 66.2 Å². The minimum Gasteiger partial charge on any atom is -0.508 e. The molecule has 38 heavy (non-hydrogen) atoms. The highest BCUT2D eigenvalue weighted by atomic mass is 35.5. The van der Waals surface area contributed by atoms with Crippen molar-refractivity contribution in [2.24, 2.45) is 0 Å². The number of ether oxygens (including phenoxy) is 2. The molecule has 0 spiro atoms. The van der Waals surface area contributed by atoms with Crippen LogP contribution in [0, 0.1) is 0 Å². The minimum atomic E-state index is -0.959. The number of amides is 1. The zero-order valence-electron chi connectivity index (χ0n) is 21.0. The van der Waals surface area contributed by atoms with E-state index in [0.29, 0.717) is 11.3 Å². The van der Waals surface area contributed by atoms with Crippen molar-refractivity contribution in [3.05, 3.63) is 82.4 Å². The van der Waals surface area contributed by atoms with E-state index in [0.717, 1.165) is 31.6 Å². The third-order valence-electron chi connectivity index (χ3n) is 6.98. The lowest BCUT2D eigenvalue weighted by Crippen LogP contribution is -2.29. The summed E-state index contributed by atoms with van der Waals surface area (Å²) in [4.78, 5) is 30.6. The average molecular weight is 535 g/mol.